The number of para-hydroxylation sites is 1. The molecule has 3 aromatic carbocycles. The van der Waals surface area contributed by atoms with Crippen LogP contribution in [-0.2, 0) is 6.54 Å². The molecule has 178 valence electrons. The molecule has 4 nitrogen and oxygen atoms in total. The van der Waals surface area contributed by atoms with Gasteiger partial charge in [-0.25, -0.2) is 4.79 Å². The quantitative estimate of drug-likeness (QED) is 0.184. The third kappa shape index (κ3) is 7.42. The standard InChI is InChI=1S/C29H34N2O2S/c1-3-4-5-6-10-21(2)28(34)30-20-22-11-9-12-24(19-22)23-15-17-25(18-16-23)31-27-14-8-7-13-26(27)29(32)33/h7-9,11-19,21,31H,3-6,10,20H2,1-2H3,(H,30,34)(H,32,33). The molecular formula is C29H34N2O2S. The van der Waals surface area contributed by atoms with Crippen molar-refractivity contribution in [1.82, 2.24) is 5.32 Å². The highest BCUT2D eigenvalue weighted by Crippen LogP contribution is 2.26. The summed E-state index contributed by atoms with van der Waals surface area (Å²) in [6.07, 6.45) is 6.21. The molecule has 5 heteroatoms. The van der Waals surface area contributed by atoms with Crippen molar-refractivity contribution < 1.29 is 9.90 Å². The highest BCUT2D eigenvalue weighted by Gasteiger charge is 2.10. The second-order valence-corrected chi connectivity index (χ2v) is 9.16. The number of aromatic carboxylic acids is 1. The van der Waals surface area contributed by atoms with Gasteiger partial charge in [0.2, 0.25) is 0 Å². The van der Waals surface area contributed by atoms with E-state index >= 15 is 0 Å². The van der Waals surface area contributed by atoms with E-state index in [1.54, 1.807) is 18.2 Å². The number of rotatable bonds is 12. The Morgan fingerprint density at radius 3 is 2.44 bits per heavy atom. The molecule has 0 aliphatic carbocycles. The molecule has 0 saturated heterocycles. The smallest absolute Gasteiger partial charge is 0.337 e. The number of thiocarbonyl (C=S) groups is 1. The molecule has 1 unspecified atom stereocenters. The predicted octanol–water partition coefficient (Wildman–Crippen LogP) is 7.82. The normalized spacial score (nSPS) is 11.6. The van der Waals surface area contributed by atoms with Gasteiger partial charge in [0.25, 0.3) is 0 Å². The highest BCUT2D eigenvalue weighted by molar-refractivity contribution is 7.80. The van der Waals surface area contributed by atoms with Gasteiger partial charge in [0.15, 0.2) is 0 Å². The molecular weight excluding hydrogens is 440 g/mol. The van der Waals surface area contributed by atoms with Gasteiger partial charge in [-0.3, -0.25) is 0 Å². The third-order valence-corrected chi connectivity index (χ3v) is 6.53. The summed E-state index contributed by atoms with van der Waals surface area (Å²) in [6, 6.07) is 23.4. The van der Waals surface area contributed by atoms with Crippen molar-refractivity contribution in [3.05, 3.63) is 83.9 Å². The Morgan fingerprint density at radius 1 is 0.941 bits per heavy atom. The second-order valence-electron chi connectivity index (χ2n) is 8.72. The minimum Gasteiger partial charge on any atom is -0.478 e. The Balaban J connectivity index is 1.59. The number of carboxylic acid groups (broad SMARTS) is 1. The van der Waals surface area contributed by atoms with Crippen LogP contribution in [0.3, 0.4) is 0 Å². The average molecular weight is 475 g/mol. The lowest BCUT2D eigenvalue weighted by atomic mass is 10.0. The molecule has 0 aliphatic rings. The molecule has 0 saturated carbocycles. The van der Waals surface area contributed by atoms with Gasteiger partial charge in [0.05, 0.1) is 16.2 Å². The minimum absolute atomic E-state index is 0.250. The van der Waals surface area contributed by atoms with Gasteiger partial charge in [0, 0.05) is 18.2 Å². The first kappa shape index (κ1) is 25.4. The van der Waals surface area contributed by atoms with Crippen molar-refractivity contribution in [3.8, 4) is 11.1 Å². The van der Waals surface area contributed by atoms with Crippen LogP contribution in [0.15, 0.2) is 72.8 Å². The van der Waals surface area contributed by atoms with Crippen LogP contribution in [0, 0.1) is 5.92 Å². The zero-order valence-corrected chi connectivity index (χ0v) is 20.8. The molecule has 0 heterocycles. The van der Waals surface area contributed by atoms with Gasteiger partial charge in [-0.2, -0.15) is 0 Å². The molecule has 0 bridgehead atoms. The maximum atomic E-state index is 11.4. The predicted molar refractivity (Wildman–Crippen MR) is 146 cm³/mol. The fraction of sp³-hybridized carbons (Fsp3) is 0.310. The van der Waals surface area contributed by atoms with E-state index in [1.807, 2.05) is 30.3 Å². The number of carboxylic acids is 1. The van der Waals surface area contributed by atoms with Crippen molar-refractivity contribution >= 4 is 34.6 Å². The molecule has 3 aromatic rings. The largest absolute Gasteiger partial charge is 0.478 e. The first-order valence-corrected chi connectivity index (χ1v) is 12.4. The Hall–Kier alpha value is -3.18. The fourth-order valence-electron chi connectivity index (χ4n) is 3.91. The molecule has 0 aliphatic heterocycles. The zero-order valence-electron chi connectivity index (χ0n) is 20.0. The van der Waals surface area contributed by atoms with E-state index in [2.05, 4.69) is 48.7 Å². The molecule has 3 N–H and O–H groups in total. The summed E-state index contributed by atoms with van der Waals surface area (Å²) in [4.78, 5) is 12.4. The highest BCUT2D eigenvalue weighted by atomic mass is 32.1. The monoisotopic (exact) mass is 474 g/mol. The topological polar surface area (TPSA) is 61.4 Å². The Kier molecular flexibility index (Phi) is 9.65. The van der Waals surface area contributed by atoms with Crippen LogP contribution in [0.4, 0.5) is 11.4 Å². The molecule has 0 amide bonds. The lowest BCUT2D eigenvalue weighted by Crippen LogP contribution is -2.26. The van der Waals surface area contributed by atoms with Crippen molar-refractivity contribution in [2.75, 3.05) is 5.32 Å². The summed E-state index contributed by atoms with van der Waals surface area (Å²) < 4.78 is 0. The number of anilines is 2. The number of hydrogen-bond donors (Lipinski definition) is 3. The summed E-state index contributed by atoms with van der Waals surface area (Å²) in [6.45, 7) is 5.16. The molecule has 34 heavy (non-hydrogen) atoms. The van der Waals surface area contributed by atoms with Gasteiger partial charge in [-0.15, -0.1) is 0 Å². The van der Waals surface area contributed by atoms with E-state index in [0.29, 0.717) is 11.6 Å². The summed E-state index contributed by atoms with van der Waals surface area (Å²) in [5.41, 5.74) is 5.09. The molecule has 0 fully saturated rings. The van der Waals surface area contributed by atoms with E-state index in [9.17, 15) is 9.90 Å². The molecule has 0 aromatic heterocycles. The van der Waals surface area contributed by atoms with Gasteiger partial charge in [-0.05, 0) is 53.4 Å². The van der Waals surface area contributed by atoms with E-state index in [0.717, 1.165) is 34.8 Å². The molecule has 3 rings (SSSR count). The molecule has 1 atom stereocenters. The van der Waals surface area contributed by atoms with Gasteiger partial charge in [-0.1, -0.05) is 94.2 Å². The number of benzene rings is 3. The van der Waals surface area contributed by atoms with Crippen LogP contribution in [0.1, 0.15) is 61.9 Å². The van der Waals surface area contributed by atoms with Crippen LogP contribution in [-0.4, -0.2) is 16.1 Å². The Bertz CT molecular complexity index is 1100. The van der Waals surface area contributed by atoms with E-state index in [4.69, 9.17) is 12.2 Å². The van der Waals surface area contributed by atoms with Crippen LogP contribution in [0.5, 0.6) is 0 Å². The SMILES string of the molecule is CCCCCCC(C)C(=S)NCc1cccc(-c2ccc(Nc3ccccc3C(=O)O)cc2)c1. The van der Waals surface area contributed by atoms with Crippen molar-refractivity contribution in [3.63, 3.8) is 0 Å². The van der Waals surface area contributed by atoms with Crippen LogP contribution in [0.25, 0.3) is 11.1 Å². The van der Waals surface area contributed by atoms with Gasteiger partial charge in [0.1, 0.15) is 0 Å². The summed E-state index contributed by atoms with van der Waals surface area (Å²) in [7, 11) is 0. The fourth-order valence-corrected chi connectivity index (χ4v) is 4.10. The van der Waals surface area contributed by atoms with Crippen molar-refractivity contribution in [1.29, 1.82) is 0 Å². The van der Waals surface area contributed by atoms with E-state index in [-0.39, 0.29) is 5.56 Å². The summed E-state index contributed by atoms with van der Waals surface area (Å²) in [5.74, 6) is -0.545. The molecule has 0 radical (unpaired) electrons. The van der Waals surface area contributed by atoms with Crippen LogP contribution >= 0.6 is 12.2 Å². The zero-order chi connectivity index (χ0) is 24.3. The lowest BCUT2D eigenvalue weighted by Gasteiger charge is -2.15. The van der Waals surface area contributed by atoms with Crippen molar-refractivity contribution in [2.45, 2.75) is 52.5 Å². The lowest BCUT2D eigenvalue weighted by molar-refractivity contribution is 0.0698. The number of carbonyl (C=O) groups is 1. The number of hydrogen-bond acceptors (Lipinski definition) is 3. The number of nitrogens with one attached hydrogen (secondary N) is 2. The number of unbranched alkanes of at least 4 members (excludes halogenated alkanes) is 3. The maximum Gasteiger partial charge on any atom is 0.337 e. The summed E-state index contributed by atoms with van der Waals surface area (Å²) >= 11 is 5.62. The maximum absolute atomic E-state index is 11.4. The third-order valence-electron chi connectivity index (χ3n) is 5.99. The first-order chi connectivity index (χ1) is 16.5. The Morgan fingerprint density at radius 2 is 1.71 bits per heavy atom. The van der Waals surface area contributed by atoms with Crippen LogP contribution < -0.4 is 10.6 Å². The summed E-state index contributed by atoms with van der Waals surface area (Å²) in [5, 5.41) is 16.0. The van der Waals surface area contributed by atoms with Gasteiger partial charge >= 0.3 is 5.97 Å². The van der Waals surface area contributed by atoms with Crippen LogP contribution in [0.2, 0.25) is 0 Å². The van der Waals surface area contributed by atoms with Gasteiger partial charge < -0.3 is 15.7 Å². The second kappa shape index (κ2) is 12.9. The van der Waals surface area contributed by atoms with E-state index < -0.39 is 5.97 Å². The van der Waals surface area contributed by atoms with Crippen molar-refractivity contribution in [2.24, 2.45) is 5.92 Å². The average Bonchev–Trinajstić information content (AvgIpc) is 2.86. The minimum atomic E-state index is -0.949. The first-order valence-electron chi connectivity index (χ1n) is 12.0. The Labute approximate surface area is 208 Å². The van der Waals surface area contributed by atoms with E-state index in [1.165, 1.54) is 31.2 Å². The molecule has 0 spiro atoms.